The van der Waals surface area contributed by atoms with Crippen molar-refractivity contribution >= 4 is 11.9 Å². The first-order valence-electron chi connectivity index (χ1n) is 31.6. The predicted molar refractivity (Wildman–Crippen MR) is 306 cm³/mol. The Morgan fingerprint density at radius 1 is 0.386 bits per heavy atom. The third-order valence-electron chi connectivity index (χ3n) is 14.7. The average Bonchev–Trinajstić information content (AvgIpc) is 3.36. The third-order valence-corrected chi connectivity index (χ3v) is 14.7. The number of aliphatic hydroxyl groups is 2. The number of amides is 1. The summed E-state index contributed by atoms with van der Waals surface area (Å²) < 4.78 is 5.49. The van der Waals surface area contributed by atoms with Crippen molar-refractivity contribution in [3.05, 3.63) is 24.3 Å². The minimum absolute atomic E-state index is 0.00217. The van der Waals surface area contributed by atoms with Gasteiger partial charge in [-0.1, -0.05) is 301 Å². The molecule has 0 aromatic rings. The summed E-state index contributed by atoms with van der Waals surface area (Å²) in [6.45, 7) is 4.91. The van der Waals surface area contributed by atoms with Gasteiger partial charge in [0, 0.05) is 12.8 Å². The van der Waals surface area contributed by atoms with Crippen LogP contribution in [0.5, 0.6) is 0 Å². The molecule has 0 aliphatic heterocycles. The van der Waals surface area contributed by atoms with Crippen LogP contribution in [0.4, 0.5) is 0 Å². The second-order valence-corrected chi connectivity index (χ2v) is 21.7. The summed E-state index contributed by atoms with van der Waals surface area (Å²) >= 11 is 0. The summed E-state index contributed by atoms with van der Waals surface area (Å²) in [6.07, 6.45) is 73.6. The molecule has 0 aliphatic rings. The molecule has 0 fully saturated rings. The Morgan fingerprint density at radius 3 is 1.01 bits per heavy atom. The fourth-order valence-electron chi connectivity index (χ4n) is 9.87. The molecule has 0 saturated carbocycles. The molecule has 2 atom stereocenters. The lowest BCUT2D eigenvalue weighted by Gasteiger charge is -2.20. The van der Waals surface area contributed by atoms with E-state index in [1.54, 1.807) is 6.08 Å². The first-order chi connectivity index (χ1) is 34.5. The number of hydrogen-bond acceptors (Lipinski definition) is 5. The van der Waals surface area contributed by atoms with Gasteiger partial charge in [-0.2, -0.15) is 0 Å². The van der Waals surface area contributed by atoms with Gasteiger partial charge in [-0.15, -0.1) is 0 Å². The molecule has 1 amide bonds. The SMILES string of the molecule is CCCCCCCCCCCCCCCCCC/C=C/C(O)C(CO)NC(=O)CCCCCCCCC/C=C\CCCCCCCCOC(=O)CCCCCCCCCCCCCCCCCCCC. The smallest absolute Gasteiger partial charge is 0.305 e. The van der Waals surface area contributed by atoms with Gasteiger partial charge in [0.05, 0.1) is 25.4 Å². The maximum absolute atomic E-state index is 12.5. The molecule has 70 heavy (non-hydrogen) atoms. The molecule has 0 saturated heterocycles. The highest BCUT2D eigenvalue weighted by molar-refractivity contribution is 5.76. The molecule has 0 heterocycles. The number of hydrogen-bond donors (Lipinski definition) is 3. The monoisotopic (exact) mass is 986 g/mol. The van der Waals surface area contributed by atoms with Crippen LogP contribution in [0.3, 0.4) is 0 Å². The number of rotatable bonds is 59. The first kappa shape index (κ1) is 68.3. The molecule has 0 rings (SSSR count). The van der Waals surface area contributed by atoms with Crippen LogP contribution < -0.4 is 5.32 Å². The van der Waals surface area contributed by atoms with Gasteiger partial charge in [-0.25, -0.2) is 0 Å². The highest BCUT2D eigenvalue weighted by atomic mass is 16.5. The number of nitrogens with one attached hydrogen (secondary N) is 1. The number of unbranched alkanes of at least 4 members (excludes halogenated alkanes) is 46. The minimum Gasteiger partial charge on any atom is -0.466 e. The standard InChI is InChI=1S/C64H123NO5/c1-3-5-7-9-11-13-15-17-19-21-24-28-32-36-40-44-48-52-56-62(67)61(60-66)65-63(68)57-53-49-45-41-37-33-29-25-23-27-31-35-39-43-47-51-55-59-70-64(69)58-54-50-46-42-38-34-30-26-22-20-18-16-14-12-10-8-6-4-2/h23,27,52,56,61-62,66-67H,3-22,24-26,28-51,53-55,57-60H2,1-2H3,(H,65,68)/b27-23-,56-52+. The number of carbonyl (C=O) groups is 2. The number of carbonyl (C=O) groups excluding carboxylic acids is 2. The maximum atomic E-state index is 12.5. The minimum atomic E-state index is -0.852. The average molecular weight is 987 g/mol. The highest BCUT2D eigenvalue weighted by Crippen LogP contribution is 2.18. The highest BCUT2D eigenvalue weighted by Gasteiger charge is 2.18. The number of esters is 1. The zero-order chi connectivity index (χ0) is 50.7. The number of ether oxygens (including phenoxy) is 1. The van der Waals surface area contributed by atoms with Gasteiger partial charge in [-0.05, 0) is 57.8 Å². The van der Waals surface area contributed by atoms with E-state index in [9.17, 15) is 19.8 Å². The van der Waals surface area contributed by atoms with Crippen LogP contribution >= 0.6 is 0 Å². The van der Waals surface area contributed by atoms with E-state index < -0.39 is 12.1 Å². The van der Waals surface area contributed by atoms with Crippen molar-refractivity contribution < 1.29 is 24.5 Å². The van der Waals surface area contributed by atoms with Crippen LogP contribution in [0.25, 0.3) is 0 Å². The van der Waals surface area contributed by atoms with Crippen molar-refractivity contribution in [1.29, 1.82) is 0 Å². The molecular formula is C64H123NO5. The van der Waals surface area contributed by atoms with Crippen molar-refractivity contribution in [2.24, 2.45) is 0 Å². The summed E-state index contributed by atoms with van der Waals surface area (Å²) in [5.74, 6) is -0.0752. The Bertz CT molecular complexity index is 1090. The Balaban J connectivity index is 3.46. The van der Waals surface area contributed by atoms with Crippen molar-refractivity contribution in [2.45, 2.75) is 360 Å². The molecule has 6 heteroatoms. The van der Waals surface area contributed by atoms with E-state index in [1.165, 1.54) is 263 Å². The third kappa shape index (κ3) is 55.7. The van der Waals surface area contributed by atoms with E-state index in [1.807, 2.05) is 6.08 Å². The quantitative estimate of drug-likeness (QED) is 0.0321. The summed E-state index contributed by atoms with van der Waals surface area (Å²) in [6, 6.07) is -0.637. The summed E-state index contributed by atoms with van der Waals surface area (Å²) in [5, 5.41) is 23.2. The molecule has 6 nitrogen and oxygen atoms in total. The number of aliphatic hydroxyl groups excluding tert-OH is 2. The lowest BCUT2D eigenvalue weighted by atomic mass is 10.0. The van der Waals surface area contributed by atoms with Gasteiger partial charge >= 0.3 is 5.97 Å². The fraction of sp³-hybridized carbons (Fsp3) is 0.906. The van der Waals surface area contributed by atoms with Gasteiger partial charge in [0.1, 0.15) is 0 Å². The molecule has 3 N–H and O–H groups in total. The van der Waals surface area contributed by atoms with E-state index in [0.29, 0.717) is 19.4 Å². The van der Waals surface area contributed by atoms with E-state index in [-0.39, 0.29) is 18.5 Å². The molecule has 0 bridgehead atoms. The van der Waals surface area contributed by atoms with Crippen LogP contribution in [-0.2, 0) is 14.3 Å². The molecule has 0 aromatic carbocycles. The predicted octanol–water partition coefficient (Wildman–Crippen LogP) is 19.8. The molecule has 0 radical (unpaired) electrons. The summed E-state index contributed by atoms with van der Waals surface area (Å²) in [7, 11) is 0. The zero-order valence-corrected chi connectivity index (χ0v) is 47.3. The Labute approximate surface area is 437 Å². The van der Waals surface area contributed by atoms with Gasteiger partial charge in [0.2, 0.25) is 5.91 Å². The largest absolute Gasteiger partial charge is 0.466 e. The van der Waals surface area contributed by atoms with Crippen molar-refractivity contribution in [3.63, 3.8) is 0 Å². The van der Waals surface area contributed by atoms with Crippen LogP contribution in [0.1, 0.15) is 348 Å². The fourth-order valence-corrected chi connectivity index (χ4v) is 9.87. The second kappa shape index (κ2) is 59.9. The zero-order valence-electron chi connectivity index (χ0n) is 47.3. The van der Waals surface area contributed by atoms with Gasteiger partial charge < -0.3 is 20.3 Å². The van der Waals surface area contributed by atoms with E-state index in [0.717, 1.165) is 57.8 Å². The summed E-state index contributed by atoms with van der Waals surface area (Å²) in [5.41, 5.74) is 0. The van der Waals surface area contributed by atoms with Gasteiger partial charge in [0.15, 0.2) is 0 Å². The Hall–Kier alpha value is -1.66. The normalized spacial score (nSPS) is 12.7. The lowest BCUT2D eigenvalue weighted by Crippen LogP contribution is -2.45. The Kier molecular flexibility index (Phi) is 58.5. The topological polar surface area (TPSA) is 95.9 Å². The second-order valence-electron chi connectivity index (χ2n) is 21.7. The molecular weight excluding hydrogens is 863 g/mol. The van der Waals surface area contributed by atoms with Crippen LogP contribution in [-0.4, -0.2) is 47.4 Å². The number of allylic oxidation sites excluding steroid dienone is 3. The van der Waals surface area contributed by atoms with E-state index in [2.05, 4.69) is 31.3 Å². The van der Waals surface area contributed by atoms with Gasteiger partial charge in [-0.3, -0.25) is 9.59 Å². The van der Waals surface area contributed by atoms with Crippen LogP contribution in [0.15, 0.2) is 24.3 Å². The van der Waals surface area contributed by atoms with E-state index in [4.69, 9.17) is 4.74 Å². The molecule has 0 spiro atoms. The van der Waals surface area contributed by atoms with E-state index >= 15 is 0 Å². The van der Waals surface area contributed by atoms with Crippen LogP contribution in [0.2, 0.25) is 0 Å². The molecule has 414 valence electrons. The Morgan fingerprint density at radius 2 is 0.671 bits per heavy atom. The summed E-state index contributed by atoms with van der Waals surface area (Å²) in [4.78, 5) is 24.6. The van der Waals surface area contributed by atoms with Crippen molar-refractivity contribution in [3.8, 4) is 0 Å². The molecule has 0 aromatic heterocycles. The van der Waals surface area contributed by atoms with Crippen molar-refractivity contribution in [2.75, 3.05) is 13.2 Å². The van der Waals surface area contributed by atoms with Crippen molar-refractivity contribution in [1.82, 2.24) is 5.32 Å². The molecule has 0 aliphatic carbocycles. The molecule has 2 unspecified atom stereocenters. The maximum Gasteiger partial charge on any atom is 0.305 e. The van der Waals surface area contributed by atoms with Gasteiger partial charge in [0.25, 0.3) is 0 Å². The lowest BCUT2D eigenvalue weighted by molar-refractivity contribution is -0.143. The first-order valence-corrected chi connectivity index (χ1v) is 31.6. The van der Waals surface area contributed by atoms with Crippen LogP contribution in [0, 0.1) is 0 Å².